The Morgan fingerprint density at radius 1 is 0.971 bits per heavy atom. The summed E-state index contributed by atoms with van der Waals surface area (Å²) < 4.78 is 0. The van der Waals surface area contributed by atoms with Gasteiger partial charge in [-0.3, -0.25) is 4.79 Å². The van der Waals surface area contributed by atoms with Crippen LogP contribution in [0.2, 0.25) is 0 Å². The van der Waals surface area contributed by atoms with Gasteiger partial charge in [-0.2, -0.15) is 0 Å². The Morgan fingerprint density at radius 3 is 2.29 bits per heavy atom. The van der Waals surface area contributed by atoms with E-state index in [2.05, 4.69) is 10.6 Å². The van der Waals surface area contributed by atoms with Gasteiger partial charge in [-0.25, -0.2) is 9.59 Å². The molecule has 1 atom stereocenters. The van der Waals surface area contributed by atoms with E-state index in [1.165, 1.54) is 4.90 Å². The minimum absolute atomic E-state index is 0.194. The van der Waals surface area contributed by atoms with Crippen LogP contribution < -0.4 is 10.6 Å². The molecule has 0 radical (unpaired) electrons. The van der Waals surface area contributed by atoms with Crippen LogP contribution in [0.25, 0.3) is 11.1 Å². The second-order valence-electron chi connectivity index (χ2n) is 8.70. The zero-order valence-corrected chi connectivity index (χ0v) is 19.1. The van der Waals surface area contributed by atoms with Gasteiger partial charge in [0, 0.05) is 24.3 Å². The molecule has 3 N–H and O–H groups in total. The molecule has 0 spiro atoms. The quantitative estimate of drug-likeness (QED) is 0.477. The van der Waals surface area contributed by atoms with Crippen molar-refractivity contribution in [3.63, 3.8) is 0 Å². The summed E-state index contributed by atoms with van der Waals surface area (Å²) in [6.07, 6.45) is 0. The van der Waals surface area contributed by atoms with Gasteiger partial charge in [0.25, 0.3) is 5.91 Å². The highest BCUT2D eigenvalue weighted by atomic mass is 16.4. The minimum Gasteiger partial charge on any atom is -0.480 e. The van der Waals surface area contributed by atoms with E-state index in [0.29, 0.717) is 17.8 Å². The fourth-order valence-corrected chi connectivity index (χ4v) is 4.23. The number of carboxylic acids is 1. The molecule has 0 fully saturated rings. The van der Waals surface area contributed by atoms with Gasteiger partial charge in [0.2, 0.25) is 0 Å². The highest BCUT2D eigenvalue weighted by molar-refractivity contribution is 6.01. The minimum atomic E-state index is -0.993. The van der Waals surface area contributed by atoms with Crippen molar-refractivity contribution in [3.8, 4) is 11.1 Å². The summed E-state index contributed by atoms with van der Waals surface area (Å²) in [6, 6.07) is 21.5. The van der Waals surface area contributed by atoms with Crippen molar-refractivity contribution in [2.24, 2.45) is 5.92 Å². The Bertz CT molecular complexity index is 1210. The number of nitrogens with zero attached hydrogens (tertiary/aromatic N) is 1. The van der Waals surface area contributed by atoms with E-state index < -0.39 is 12.0 Å². The Morgan fingerprint density at radius 2 is 1.65 bits per heavy atom. The Balaban J connectivity index is 1.42. The zero-order chi connectivity index (χ0) is 24.2. The average molecular weight is 458 g/mol. The number of hydrogen-bond donors (Lipinski definition) is 3. The lowest BCUT2D eigenvalue weighted by molar-refractivity contribution is -0.144. The van der Waals surface area contributed by atoms with Crippen LogP contribution in [0.5, 0.6) is 0 Å². The second-order valence-corrected chi connectivity index (χ2v) is 8.70. The van der Waals surface area contributed by atoms with Crippen molar-refractivity contribution in [1.82, 2.24) is 10.2 Å². The molecule has 3 aromatic carbocycles. The number of amides is 3. The Kier molecular flexibility index (Phi) is 6.63. The number of carboxylic acid groups (broad SMARTS) is 1. The van der Waals surface area contributed by atoms with Gasteiger partial charge in [0.05, 0.1) is 0 Å². The summed E-state index contributed by atoms with van der Waals surface area (Å²) in [5.41, 5.74) is 4.90. The lowest BCUT2D eigenvalue weighted by Crippen LogP contribution is -2.44. The molecule has 1 aliphatic heterocycles. The molecule has 1 heterocycles. The molecule has 7 nitrogen and oxygen atoms in total. The maximum atomic E-state index is 12.8. The number of anilines is 1. The number of carbonyl (C=O) groups excluding carboxylic acids is 2. The van der Waals surface area contributed by atoms with Crippen LogP contribution in [0.4, 0.5) is 10.5 Å². The highest BCUT2D eigenvalue weighted by Gasteiger charge is 2.38. The molecule has 0 saturated heterocycles. The van der Waals surface area contributed by atoms with Crippen LogP contribution in [0.3, 0.4) is 0 Å². The first-order valence-electron chi connectivity index (χ1n) is 11.2. The van der Waals surface area contributed by atoms with E-state index in [1.807, 2.05) is 66.7 Å². The van der Waals surface area contributed by atoms with Crippen LogP contribution >= 0.6 is 0 Å². The summed E-state index contributed by atoms with van der Waals surface area (Å²) in [5.74, 6) is -1.43. The van der Waals surface area contributed by atoms with Crippen LogP contribution in [0.1, 0.15) is 35.3 Å². The number of benzene rings is 3. The Hall–Kier alpha value is -4.13. The van der Waals surface area contributed by atoms with Crippen molar-refractivity contribution >= 4 is 23.6 Å². The van der Waals surface area contributed by atoms with Crippen molar-refractivity contribution in [2.75, 3.05) is 5.32 Å². The molecule has 0 aliphatic carbocycles. The molecule has 0 saturated carbocycles. The molecule has 4 rings (SSSR count). The monoisotopic (exact) mass is 457 g/mol. The van der Waals surface area contributed by atoms with Crippen LogP contribution in [-0.2, 0) is 17.9 Å². The molecule has 174 valence electrons. The van der Waals surface area contributed by atoms with Crippen LogP contribution in [0.15, 0.2) is 72.8 Å². The molecule has 1 aliphatic rings. The molecule has 0 unspecified atom stereocenters. The SMILES string of the molecule is CC(C)[C@@H](C(=O)O)N1Cc2cc(-c3ccc(NC(=O)NCc4ccccc4)cc3)ccc2C1=O. The molecule has 3 amide bonds. The van der Waals surface area contributed by atoms with Crippen molar-refractivity contribution in [2.45, 2.75) is 33.0 Å². The third kappa shape index (κ3) is 4.93. The van der Waals surface area contributed by atoms with Gasteiger partial charge in [-0.15, -0.1) is 0 Å². The lowest BCUT2D eigenvalue weighted by atomic mass is 10.0. The summed E-state index contributed by atoms with van der Waals surface area (Å²) in [4.78, 5) is 38.1. The normalized spacial score (nSPS) is 13.5. The van der Waals surface area contributed by atoms with Gasteiger partial charge in [-0.05, 0) is 52.4 Å². The number of aliphatic carboxylic acids is 1. The van der Waals surface area contributed by atoms with Gasteiger partial charge >= 0.3 is 12.0 Å². The predicted octanol–water partition coefficient (Wildman–Crippen LogP) is 4.74. The molecular weight excluding hydrogens is 430 g/mol. The number of hydrogen-bond acceptors (Lipinski definition) is 3. The third-order valence-corrected chi connectivity index (χ3v) is 5.93. The van der Waals surface area contributed by atoms with Gasteiger partial charge < -0.3 is 20.6 Å². The molecule has 34 heavy (non-hydrogen) atoms. The van der Waals surface area contributed by atoms with Gasteiger partial charge in [0.1, 0.15) is 6.04 Å². The van der Waals surface area contributed by atoms with Gasteiger partial charge in [-0.1, -0.05) is 62.4 Å². The number of rotatable bonds is 7. The van der Waals surface area contributed by atoms with Crippen LogP contribution in [0, 0.1) is 5.92 Å². The number of nitrogens with one attached hydrogen (secondary N) is 2. The van der Waals surface area contributed by atoms with Crippen molar-refractivity contribution in [3.05, 3.63) is 89.5 Å². The van der Waals surface area contributed by atoms with E-state index in [-0.39, 0.29) is 24.4 Å². The number of carbonyl (C=O) groups is 3. The maximum Gasteiger partial charge on any atom is 0.326 e. The maximum absolute atomic E-state index is 12.8. The smallest absolute Gasteiger partial charge is 0.326 e. The second kappa shape index (κ2) is 9.79. The summed E-state index contributed by atoms with van der Waals surface area (Å²) in [7, 11) is 0. The van der Waals surface area contributed by atoms with E-state index in [0.717, 1.165) is 22.3 Å². The topological polar surface area (TPSA) is 98.7 Å². The first-order valence-corrected chi connectivity index (χ1v) is 11.2. The standard InChI is InChI=1S/C27H27N3O4/c1-17(2)24(26(32)33)30-16-21-14-20(10-13-23(21)25(30)31)19-8-11-22(12-9-19)29-27(34)28-15-18-6-4-3-5-7-18/h3-14,17,24H,15-16H2,1-2H3,(H,32,33)(H2,28,29,34)/t24-/m0/s1. The van der Waals surface area contributed by atoms with E-state index in [9.17, 15) is 19.5 Å². The number of urea groups is 1. The molecule has 0 aromatic heterocycles. The van der Waals surface area contributed by atoms with E-state index in [4.69, 9.17) is 0 Å². The summed E-state index contributed by atoms with van der Waals surface area (Å²) in [5, 5.41) is 15.2. The zero-order valence-electron chi connectivity index (χ0n) is 19.1. The fourth-order valence-electron chi connectivity index (χ4n) is 4.23. The number of fused-ring (bicyclic) bond motifs is 1. The van der Waals surface area contributed by atoms with Crippen molar-refractivity contribution in [1.29, 1.82) is 0 Å². The predicted molar refractivity (Wildman–Crippen MR) is 130 cm³/mol. The highest BCUT2D eigenvalue weighted by Crippen LogP contribution is 2.31. The molecule has 0 bridgehead atoms. The van der Waals surface area contributed by atoms with E-state index in [1.54, 1.807) is 19.9 Å². The van der Waals surface area contributed by atoms with Crippen molar-refractivity contribution < 1.29 is 19.5 Å². The van der Waals surface area contributed by atoms with Gasteiger partial charge in [0.15, 0.2) is 0 Å². The largest absolute Gasteiger partial charge is 0.480 e. The van der Waals surface area contributed by atoms with E-state index >= 15 is 0 Å². The summed E-state index contributed by atoms with van der Waals surface area (Å²) >= 11 is 0. The molecule has 3 aromatic rings. The first kappa shape index (κ1) is 23.0. The molecule has 7 heteroatoms. The van der Waals surface area contributed by atoms with Crippen LogP contribution in [-0.4, -0.2) is 34.0 Å². The fraction of sp³-hybridized carbons (Fsp3) is 0.222. The first-order chi connectivity index (χ1) is 16.3. The third-order valence-electron chi connectivity index (χ3n) is 5.93. The lowest BCUT2D eigenvalue weighted by Gasteiger charge is -2.27. The summed E-state index contributed by atoms with van der Waals surface area (Å²) in [6.45, 7) is 4.32. The average Bonchev–Trinajstić information content (AvgIpc) is 3.13. The Labute approximate surface area is 198 Å². The molecular formula is C27H27N3O4.